The van der Waals surface area contributed by atoms with Crippen LogP contribution in [0.5, 0.6) is 5.75 Å². The molecule has 0 spiro atoms. The monoisotopic (exact) mass is 499 g/mol. The molecule has 174 valence electrons. The third-order valence-corrected chi connectivity index (χ3v) is 7.79. The minimum Gasteiger partial charge on any atom is -0.423 e. The molecule has 1 fully saturated rings. The van der Waals surface area contributed by atoms with Gasteiger partial charge in [-0.25, -0.2) is 17.6 Å². The number of hydrogen-bond acceptors (Lipinski definition) is 6. The van der Waals surface area contributed by atoms with Crippen molar-refractivity contribution in [2.75, 3.05) is 31.1 Å². The first-order chi connectivity index (χ1) is 16.3. The number of hydrogen-bond donors (Lipinski definition) is 0. The Morgan fingerprint density at radius 1 is 0.971 bits per heavy atom. The van der Waals surface area contributed by atoms with E-state index in [0.717, 1.165) is 5.69 Å². The topological polar surface area (TPSA) is 90.7 Å². The van der Waals surface area contributed by atoms with Crippen LogP contribution in [-0.4, -0.2) is 44.9 Å². The number of rotatable bonds is 5. The molecular weight excluding hydrogens is 481 g/mol. The highest BCUT2D eigenvalue weighted by molar-refractivity contribution is 7.89. The molecule has 0 unspecified atom stereocenters. The largest absolute Gasteiger partial charge is 0.423 e. The van der Waals surface area contributed by atoms with Crippen LogP contribution in [-0.2, 0) is 10.0 Å². The van der Waals surface area contributed by atoms with Gasteiger partial charge in [-0.15, -0.1) is 0 Å². The number of halogens is 2. The molecule has 0 atom stereocenters. The predicted molar refractivity (Wildman–Crippen MR) is 125 cm³/mol. The Hall–Kier alpha value is -3.45. The van der Waals surface area contributed by atoms with Crippen LogP contribution in [0.2, 0.25) is 5.02 Å². The van der Waals surface area contributed by atoms with E-state index in [1.165, 1.54) is 58.9 Å². The van der Waals surface area contributed by atoms with E-state index in [9.17, 15) is 17.6 Å². The van der Waals surface area contributed by atoms with Gasteiger partial charge >= 0.3 is 5.97 Å². The van der Waals surface area contributed by atoms with Crippen molar-refractivity contribution in [1.29, 1.82) is 5.26 Å². The first kappa shape index (κ1) is 23.7. The van der Waals surface area contributed by atoms with Crippen molar-refractivity contribution in [3.8, 4) is 11.8 Å². The minimum absolute atomic E-state index is 0.00381. The second-order valence-corrected chi connectivity index (χ2v) is 9.85. The van der Waals surface area contributed by atoms with Crippen LogP contribution in [0.15, 0.2) is 71.6 Å². The quantitative estimate of drug-likeness (QED) is 0.388. The van der Waals surface area contributed by atoms with Crippen LogP contribution in [0.1, 0.15) is 15.9 Å². The van der Waals surface area contributed by atoms with E-state index < -0.39 is 16.0 Å². The van der Waals surface area contributed by atoms with Gasteiger partial charge in [-0.3, -0.25) is 0 Å². The maximum absolute atomic E-state index is 13.3. The molecule has 10 heteroatoms. The smallest absolute Gasteiger partial charge is 0.343 e. The van der Waals surface area contributed by atoms with Crippen molar-refractivity contribution in [3.05, 3.63) is 88.7 Å². The molecule has 0 amide bonds. The van der Waals surface area contributed by atoms with E-state index in [1.54, 1.807) is 12.1 Å². The normalized spacial score (nSPS) is 14.4. The number of carbonyl (C=O) groups is 1. The predicted octanol–water partition coefficient (Wildman–Crippen LogP) is 4.08. The van der Waals surface area contributed by atoms with Crippen LogP contribution in [0.4, 0.5) is 10.1 Å². The first-order valence-electron chi connectivity index (χ1n) is 10.3. The van der Waals surface area contributed by atoms with Crippen molar-refractivity contribution < 1.29 is 22.3 Å². The Balaban J connectivity index is 1.49. The van der Waals surface area contributed by atoms with Gasteiger partial charge < -0.3 is 9.64 Å². The number of esters is 1. The Kier molecular flexibility index (Phi) is 6.84. The summed E-state index contributed by atoms with van der Waals surface area (Å²) in [6.07, 6.45) is 0. The molecule has 3 aromatic carbocycles. The van der Waals surface area contributed by atoms with Gasteiger partial charge in [0, 0.05) is 31.9 Å². The van der Waals surface area contributed by atoms with Gasteiger partial charge in [0.15, 0.2) is 0 Å². The SMILES string of the molecule is N#Cc1ccc(OC(=O)c2ccc(Cl)c(S(=O)(=O)N3CCN(c4ccc(F)cc4)CC3)c2)cc1. The maximum Gasteiger partial charge on any atom is 0.343 e. The molecule has 0 aliphatic carbocycles. The number of anilines is 1. The fourth-order valence-corrected chi connectivity index (χ4v) is 5.49. The highest BCUT2D eigenvalue weighted by atomic mass is 35.5. The number of benzene rings is 3. The summed E-state index contributed by atoms with van der Waals surface area (Å²) < 4.78 is 46.4. The molecule has 7 nitrogen and oxygen atoms in total. The Morgan fingerprint density at radius 2 is 1.62 bits per heavy atom. The lowest BCUT2D eigenvalue weighted by Crippen LogP contribution is -2.48. The first-order valence-corrected chi connectivity index (χ1v) is 12.1. The highest BCUT2D eigenvalue weighted by Crippen LogP contribution is 2.28. The standard InChI is InChI=1S/C24H19ClFN3O4S/c25-22-10-3-18(24(30)33-21-8-1-17(16-27)2-9-21)15-23(22)34(31,32)29-13-11-28(12-14-29)20-6-4-19(26)5-7-20/h1-10,15H,11-14H2. The minimum atomic E-state index is -3.97. The molecule has 1 saturated heterocycles. The molecule has 1 aliphatic rings. The van der Waals surface area contributed by atoms with Gasteiger partial charge in [0.05, 0.1) is 22.2 Å². The third-order valence-electron chi connectivity index (χ3n) is 5.41. The summed E-state index contributed by atoms with van der Waals surface area (Å²) in [4.78, 5) is 14.4. The van der Waals surface area contributed by atoms with Gasteiger partial charge in [-0.2, -0.15) is 9.57 Å². The van der Waals surface area contributed by atoms with Crippen LogP contribution < -0.4 is 9.64 Å². The van der Waals surface area contributed by atoms with Crippen LogP contribution >= 0.6 is 11.6 Å². The van der Waals surface area contributed by atoms with E-state index >= 15 is 0 Å². The zero-order valence-electron chi connectivity index (χ0n) is 17.8. The Bertz CT molecular complexity index is 1350. The molecule has 34 heavy (non-hydrogen) atoms. The molecule has 1 aliphatic heterocycles. The molecule has 0 bridgehead atoms. The average Bonchev–Trinajstić information content (AvgIpc) is 2.85. The molecule has 4 rings (SSSR count). The Labute approximate surface area is 201 Å². The molecule has 3 aromatic rings. The molecule has 0 radical (unpaired) electrons. The maximum atomic E-state index is 13.3. The number of carbonyl (C=O) groups excluding carboxylic acids is 1. The van der Waals surface area contributed by atoms with Crippen molar-refractivity contribution in [3.63, 3.8) is 0 Å². The summed E-state index contributed by atoms with van der Waals surface area (Å²) in [5.74, 6) is -0.864. The number of nitrogens with zero attached hydrogens (tertiary/aromatic N) is 3. The molecular formula is C24H19ClFN3O4S. The van der Waals surface area contributed by atoms with E-state index in [0.29, 0.717) is 18.7 Å². The van der Waals surface area contributed by atoms with Gasteiger partial charge in [0.2, 0.25) is 10.0 Å². The highest BCUT2D eigenvalue weighted by Gasteiger charge is 2.31. The summed E-state index contributed by atoms with van der Waals surface area (Å²) >= 11 is 6.20. The lowest BCUT2D eigenvalue weighted by molar-refractivity contribution is 0.0734. The van der Waals surface area contributed by atoms with Gasteiger partial charge in [0.25, 0.3) is 0 Å². The average molecular weight is 500 g/mol. The number of nitriles is 1. The zero-order chi connectivity index (χ0) is 24.3. The van der Waals surface area contributed by atoms with Crippen LogP contribution in [0, 0.1) is 17.1 Å². The van der Waals surface area contributed by atoms with Gasteiger partial charge in [-0.1, -0.05) is 11.6 Å². The molecule has 0 N–H and O–H groups in total. The van der Waals surface area contributed by atoms with E-state index in [1.807, 2.05) is 11.0 Å². The van der Waals surface area contributed by atoms with Gasteiger partial charge in [-0.05, 0) is 66.7 Å². The second kappa shape index (κ2) is 9.81. The van der Waals surface area contributed by atoms with Crippen molar-refractivity contribution in [2.24, 2.45) is 0 Å². The third kappa shape index (κ3) is 5.04. The number of ether oxygens (including phenoxy) is 1. The van der Waals surface area contributed by atoms with Crippen LogP contribution in [0.25, 0.3) is 0 Å². The Morgan fingerprint density at radius 3 is 2.24 bits per heavy atom. The van der Waals surface area contributed by atoms with Crippen molar-refractivity contribution >= 4 is 33.3 Å². The zero-order valence-corrected chi connectivity index (χ0v) is 19.4. The van der Waals surface area contributed by atoms with E-state index in [-0.39, 0.29) is 40.1 Å². The molecule has 1 heterocycles. The summed E-state index contributed by atoms with van der Waals surface area (Å²) in [6.45, 7) is 1.25. The van der Waals surface area contributed by atoms with Gasteiger partial charge in [0.1, 0.15) is 16.5 Å². The summed E-state index contributed by atoms with van der Waals surface area (Å²) in [5, 5.41) is 8.86. The number of piperazine rings is 1. The summed E-state index contributed by atoms with van der Waals surface area (Å²) in [6, 6.07) is 17.9. The second-order valence-electron chi connectivity index (χ2n) is 7.54. The molecule has 0 saturated carbocycles. The summed E-state index contributed by atoms with van der Waals surface area (Å²) in [5.41, 5.74) is 1.25. The molecule has 0 aromatic heterocycles. The summed E-state index contributed by atoms with van der Waals surface area (Å²) in [7, 11) is -3.97. The van der Waals surface area contributed by atoms with E-state index in [4.69, 9.17) is 21.6 Å². The fraction of sp³-hybridized carbons (Fsp3) is 0.167. The fourth-order valence-electron chi connectivity index (χ4n) is 3.57. The van der Waals surface area contributed by atoms with E-state index in [2.05, 4.69) is 0 Å². The van der Waals surface area contributed by atoms with Crippen molar-refractivity contribution in [1.82, 2.24) is 4.31 Å². The lowest BCUT2D eigenvalue weighted by atomic mass is 10.2. The number of sulfonamides is 1. The lowest BCUT2D eigenvalue weighted by Gasteiger charge is -2.35. The van der Waals surface area contributed by atoms with Crippen molar-refractivity contribution in [2.45, 2.75) is 4.90 Å². The van der Waals surface area contributed by atoms with Crippen LogP contribution in [0.3, 0.4) is 0 Å².